The van der Waals surface area contributed by atoms with Crippen LogP contribution in [0, 0.1) is 17.4 Å². The summed E-state index contributed by atoms with van der Waals surface area (Å²) < 4.78 is 5.94. The number of nitrogens with zero attached hydrogens (tertiary/aromatic N) is 2. The van der Waals surface area contributed by atoms with E-state index < -0.39 is 0 Å². The standard InChI is InChI=1S/C6H5ClIN.C6H6ClN.C4H8O.CH4/c1-4-2-3-5(8)6(7)9-4;1-5-3-2-4-6(7)8-5;1-2-4-5-3-1;/h2-3H,1H3;2-4H,1H3;1-4H2;1H4. The lowest BCUT2D eigenvalue weighted by molar-refractivity contribution is 0.198. The summed E-state index contributed by atoms with van der Waals surface area (Å²) in [6.07, 6.45) is 2.56. The molecule has 1 aliphatic rings. The second-order valence-corrected chi connectivity index (χ2v) is 6.55. The van der Waals surface area contributed by atoms with Crippen LogP contribution in [0.25, 0.3) is 0 Å². The van der Waals surface area contributed by atoms with E-state index in [-0.39, 0.29) is 7.43 Å². The summed E-state index contributed by atoms with van der Waals surface area (Å²) in [6, 6.07) is 9.43. The highest BCUT2D eigenvalue weighted by Gasteiger charge is 1.95. The highest BCUT2D eigenvalue weighted by atomic mass is 127. The summed E-state index contributed by atoms with van der Waals surface area (Å²) in [7, 11) is 0. The summed E-state index contributed by atoms with van der Waals surface area (Å²) in [5, 5.41) is 1.15. The number of hydrogen-bond donors (Lipinski definition) is 0. The Morgan fingerprint density at radius 3 is 1.91 bits per heavy atom. The molecule has 2 aromatic heterocycles. The van der Waals surface area contributed by atoms with Gasteiger partial charge in [-0.3, -0.25) is 0 Å². The van der Waals surface area contributed by atoms with E-state index in [0.29, 0.717) is 10.3 Å². The Hall–Kier alpha value is -0.430. The fraction of sp³-hybridized carbons (Fsp3) is 0.412. The molecule has 3 rings (SSSR count). The Balaban J connectivity index is 0.000000320. The van der Waals surface area contributed by atoms with Crippen molar-refractivity contribution in [2.75, 3.05) is 13.2 Å². The highest BCUT2D eigenvalue weighted by Crippen LogP contribution is 2.14. The van der Waals surface area contributed by atoms with Gasteiger partial charge in [-0.25, -0.2) is 9.97 Å². The fourth-order valence-corrected chi connectivity index (χ4v) is 2.23. The van der Waals surface area contributed by atoms with Gasteiger partial charge in [-0.05, 0) is 73.5 Å². The third kappa shape index (κ3) is 10.9. The molecule has 1 saturated heterocycles. The molecule has 3 heterocycles. The van der Waals surface area contributed by atoms with Crippen LogP contribution >= 0.6 is 45.8 Å². The zero-order valence-electron chi connectivity index (χ0n) is 12.7. The van der Waals surface area contributed by atoms with E-state index in [1.807, 2.05) is 38.1 Å². The van der Waals surface area contributed by atoms with Gasteiger partial charge in [0, 0.05) is 24.6 Å². The van der Waals surface area contributed by atoms with Crippen molar-refractivity contribution in [2.45, 2.75) is 34.1 Å². The Bertz CT molecular complexity index is 553. The van der Waals surface area contributed by atoms with Crippen molar-refractivity contribution in [3.8, 4) is 0 Å². The Morgan fingerprint density at radius 2 is 1.57 bits per heavy atom. The second kappa shape index (κ2) is 12.9. The lowest BCUT2D eigenvalue weighted by atomic mass is 10.4. The maximum atomic E-state index is 5.70. The molecule has 0 saturated carbocycles. The quantitative estimate of drug-likeness (QED) is 0.344. The van der Waals surface area contributed by atoms with Crippen LogP contribution in [0.3, 0.4) is 0 Å². The minimum Gasteiger partial charge on any atom is -0.381 e. The number of aryl methyl sites for hydroxylation is 2. The molecule has 23 heavy (non-hydrogen) atoms. The van der Waals surface area contributed by atoms with Crippen LogP contribution in [0.4, 0.5) is 0 Å². The first kappa shape index (κ1) is 22.6. The van der Waals surface area contributed by atoms with Gasteiger partial charge in [-0.1, -0.05) is 36.7 Å². The summed E-state index contributed by atoms with van der Waals surface area (Å²) in [5.41, 5.74) is 1.91. The molecule has 0 atom stereocenters. The van der Waals surface area contributed by atoms with Crippen molar-refractivity contribution in [3.05, 3.63) is 55.6 Å². The van der Waals surface area contributed by atoms with Gasteiger partial charge in [0.2, 0.25) is 0 Å². The lowest BCUT2D eigenvalue weighted by Gasteiger charge is -1.93. The molecule has 0 aromatic carbocycles. The largest absolute Gasteiger partial charge is 0.381 e. The zero-order valence-corrected chi connectivity index (χ0v) is 16.3. The van der Waals surface area contributed by atoms with E-state index in [0.717, 1.165) is 28.2 Å². The molecule has 1 fully saturated rings. The van der Waals surface area contributed by atoms with E-state index >= 15 is 0 Å². The number of rotatable bonds is 0. The maximum Gasteiger partial charge on any atom is 0.142 e. The van der Waals surface area contributed by atoms with Crippen molar-refractivity contribution in [3.63, 3.8) is 0 Å². The molecular formula is C17H23Cl2IN2O. The van der Waals surface area contributed by atoms with Crippen LogP contribution in [0.5, 0.6) is 0 Å². The van der Waals surface area contributed by atoms with Crippen LogP contribution in [0.15, 0.2) is 30.3 Å². The van der Waals surface area contributed by atoms with Crippen LogP contribution in [0.1, 0.15) is 31.7 Å². The minimum atomic E-state index is 0. The van der Waals surface area contributed by atoms with Gasteiger partial charge >= 0.3 is 0 Å². The number of hydrogen-bond acceptors (Lipinski definition) is 3. The van der Waals surface area contributed by atoms with Crippen molar-refractivity contribution in [1.82, 2.24) is 9.97 Å². The Kier molecular flexibility index (Phi) is 12.7. The molecular weight excluding hydrogens is 446 g/mol. The molecule has 1 aliphatic heterocycles. The van der Waals surface area contributed by atoms with E-state index in [1.165, 1.54) is 12.8 Å². The Labute approximate surface area is 162 Å². The number of ether oxygens (including phenoxy) is 1. The van der Waals surface area contributed by atoms with E-state index in [9.17, 15) is 0 Å². The lowest BCUT2D eigenvalue weighted by Crippen LogP contribution is -1.82. The molecule has 128 valence electrons. The van der Waals surface area contributed by atoms with Crippen molar-refractivity contribution < 1.29 is 4.74 Å². The van der Waals surface area contributed by atoms with Gasteiger partial charge in [-0.2, -0.15) is 0 Å². The first-order chi connectivity index (χ1) is 10.5. The number of pyridine rings is 2. The maximum absolute atomic E-state index is 5.70. The van der Waals surface area contributed by atoms with Crippen LogP contribution < -0.4 is 0 Å². The number of halogens is 3. The summed E-state index contributed by atoms with van der Waals surface area (Å²) in [5.74, 6) is 0. The predicted octanol–water partition coefficient (Wildman–Crippen LogP) is 6.12. The van der Waals surface area contributed by atoms with E-state index in [2.05, 4.69) is 32.6 Å². The molecule has 2 aromatic rings. The van der Waals surface area contributed by atoms with Crippen LogP contribution in [0.2, 0.25) is 10.3 Å². The highest BCUT2D eigenvalue weighted by molar-refractivity contribution is 14.1. The van der Waals surface area contributed by atoms with E-state index in [4.69, 9.17) is 27.9 Å². The molecule has 3 nitrogen and oxygen atoms in total. The molecule has 0 amide bonds. The topological polar surface area (TPSA) is 35.0 Å². The smallest absolute Gasteiger partial charge is 0.142 e. The van der Waals surface area contributed by atoms with Gasteiger partial charge in [0.05, 0.1) is 3.57 Å². The summed E-state index contributed by atoms with van der Waals surface area (Å²) in [6.45, 7) is 5.83. The third-order valence-electron chi connectivity index (χ3n) is 2.62. The van der Waals surface area contributed by atoms with Gasteiger partial charge < -0.3 is 4.74 Å². The summed E-state index contributed by atoms with van der Waals surface area (Å²) >= 11 is 13.4. The zero-order chi connectivity index (χ0) is 16.4. The molecule has 0 spiro atoms. The molecule has 0 radical (unpaired) electrons. The average Bonchev–Trinajstić information content (AvgIpc) is 3.03. The molecule has 0 aliphatic carbocycles. The number of aromatic nitrogens is 2. The van der Waals surface area contributed by atoms with Gasteiger partial charge in [0.1, 0.15) is 10.3 Å². The molecule has 0 unspecified atom stereocenters. The Morgan fingerprint density at radius 1 is 0.957 bits per heavy atom. The minimum absolute atomic E-state index is 0. The SMILES string of the molecule is C.C1CCOC1.Cc1ccc(I)c(Cl)n1.Cc1cccc(Cl)n1. The summed E-state index contributed by atoms with van der Waals surface area (Å²) in [4.78, 5) is 7.97. The third-order valence-corrected chi connectivity index (χ3v) is 4.31. The first-order valence-corrected chi connectivity index (χ1v) is 8.78. The first-order valence-electron chi connectivity index (χ1n) is 6.94. The van der Waals surface area contributed by atoms with Crippen molar-refractivity contribution >= 4 is 45.8 Å². The van der Waals surface area contributed by atoms with E-state index in [1.54, 1.807) is 6.07 Å². The van der Waals surface area contributed by atoms with Crippen LogP contribution in [-0.2, 0) is 4.74 Å². The van der Waals surface area contributed by atoms with Gasteiger partial charge in [0.25, 0.3) is 0 Å². The van der Waals surface area contributed by atoms with Crippen molar-refractivity contribution in [2.24, 2.45) is 0 Å². The van der Waals surface area contributed by atoms with Crippen molar-refractivity contribution in [1.29, 1.82) is 0 Å². The van der Waals surface area contributed by atoms with Gasteiger partial charge in [0.15, 0.2) is 0 Å². The predicted molar refractivity (Wildman–Crippen MR) is 107 cm³/mol. The second-order valence-electron chi connectivity index (χ2n) is 4.65. The molecule has 0 N–H and O–H groups in total. The van der Waals surface area contributed by atoms with Crippen LogP contribution in [-0.4, -0.2) is 23.2 Å². The average molecular weight is 469 g/mol. The molecule has 6 heteroatoms. The fourth-order valence-electron chi connectivity index (χ4n) is 1.53. The monoisotopic (exact) mass is 468 g/mol. The van der Waals surface area contributed by atoms with Gasteiger partial charge in [-0.15, -0.1) is 0 Å². The molecule has 0 bridgehead atoms. The normalized spacial score (nSPS) is 12.2.